The Labute approximate surface area is 433 Å². The highest BCUT2D eigenvalue weighted by Gasteiger charge is 2.38. The van der Waals surface area contributed by atoms with Crippen LogP contribution in [0.1, 0.15) is 161 Å². The Balaban J connectivity index is 1.17. The smallest absolute Gasteiger partial charge is 0.0474 e. The largest absolute Gasteiger partial charge is 0.310 e. The van der Waals surface area contributed by atoms with Crippen molar-refractivity contribution in [3.05, 3.63) is 208 Å². The fourth-order valence-electron chi connectivity index (χ4n) is 11.7. The van der Waals surface area contributed by atoms with Crippen molar-refractivity contribution < 1.29 is 0 Å². The topological polar surface area (TPSA) is 3.24 Å². The van der Waals surface area contributed by atoms with Gasteiger partial charge in [0, 0.05) is 27.9 Å². The lowest BCUT2D eigenvalue weighted by Gasteiger charge is -2.29. The van der Waals surface area contributed by atoms with Crippen LogP contribution in [-0.2, 0) is 32.5 Å². The fourth-order valence-corrected chi connectivity index (χ4v) is 11.7. The Bertz CT molecular complexity index is 3250. The molecule has 0 saturated carbocycles. The third-order valence-corrected chi connectivity index (χ3v) is 16.6. The number of hydrogen-bond donors (Lipinski definition) is 0. The Hall–Kier alpha value is -6.44. The Morgan fingerprint density at radius 2 is 0.556 bits per heavy atom. The van der Waals surface area contributed by atoms with Gasteiger partial charge in [-0.15, -0.1) is 0 Å². The molecule has 0 heterocycles. The van der Waals surface area contributed by atoms with E-state index < -0.39 is 0 Å². The van der Waals surface area contributed by atoms with E-state index in [0.29, 0.717) is 0 Å². The van der Waals surface area contributed by atoms with E-state index in [-0.39, 0.29) is 32.5 Å². The molecule has 1 heteroatoms. The Morgan fingerprint density at radius 1 is 0.278 bits per heavy atom. The molecule has 8 aromatic rings. The standard InChI is InChI=1S/C71H77N/c1-44-60(47-22-34-56-58-36-28-51(68(8,9)10)40-64(58)70(14,15)62(56)38-47)42-55(43-61(44)48-23-35-57-59-37-29-52(69(11,12)13)41-65(59)71(16,17)63(57)39-48)72(54-32-26-50(27-33-54)67(5,6)7)53-30-20-46(21-31-53)45-18-24-49(25-19-45)66(2,3)4/h18-43H,1-17H3. The van der Waals surface area contributed by atoms with E-state index in [1.165, 1.54) is 106 Å². The number of benzene rings is 8. The zero-order valence-corrected chi connectivity index (χ0v) is 46.5. The Morgan fingerprint density at radius 3 is 0.917 bits per heavy atom. The van der Waals surface area contributed by atoms with E-state index >= 15 is 0 Å². The minimum Gasteiger partial charge on any atom is -0.310 e. The molecule has 0 fully saturated rings. The van der Waals surface area contributed by atoms with Gasteiger partial charge in [-0.25, -0.2) is 0 Å². The zero-order valence-electron chi connectivity index (χ0n) is 46.5. The van der Waals surface area contributed by atoms with Crippen molar-refractivity contribution in [3.8, 4) is 55.6 Å². The monoisotopic (exact) mass is 944 g/mol. The van der Waals surface area contributed by atoms with Crippen LogP contribution in [0.2, 0.25) is 0 Å². The van der Waals surface area contributed by atoms with Crippen LogP contribution in [0.25, 0.3) is 55.6 Å². The molecule has 0 unspecified atom stereocenters. The molecule has 2 aliphatic carbocycles. The predicted octanol–water partition coefficient (Wildman–Crippen LogP) is 20.3. The van der Waals surface area contributed by atoms with Gasteiger partial charge in [0.15, 0.2) is 0 Å². The molecule has 2 aliphatic rings. The van der Waals surface area contributed by atoms with Gasteiger partial charge < -0.3 is 4.90 Å². The number of rotatable bonds is 6. The summed E-state index contributed by atoms with van der Waals surface area (Å²) in [5.74, 6) is 0. The van der Waals surface area contributed by atoms with Crippen LogP contribution in [-0.4, -0.2) is 0 Å². The van der Waals surface area contributed by atoms with Crippen molar-refractivity contribution in [2.75, 3.05) is 4.90 Å². The average molecular weight is 944 g/mol. The summed E-state index contributed by atoms with van der Waals surface area (Å²) in [7, 11) is 0. The molecule has 1 nitrogen and oxygen atoms in total. The molecule has 72 heavy (non-hydrogen) atoms. The molecule has 0 radical (unpaired) electrons. The first kappa shape index (κ1) is 49.2. The van der Waals surface area contributed by atoms with E-state index in [0.717, 1.165) is 17.1 Å². The van der Waals surface area contributed by atoms with Crippen molar-refractivity contribution >= 4 is 17.1 Å². The highest BCUT2D eigenvalue weighted by Crippen LogP contribution is 2.54. The molecule has 0 atom stereocenters. The van der Waals surface area contributed by atoms with Crippen LogP contribution in [0.4, 0.5) is 17.1 Å². The van der Waals surface area contributed by atoms with Gasteiger partial charge in [-0.05, 0) is 183 Å². The molecule has 0 aliphatic heterocycles. The molecular weight excluding hydrogens is 867 g/mol. The van der Waals surface area contributed by atoms with Crippen LogP contribution in [0.5, 0.6) is 0 Å². The quantitative estimate of drug-likeness (QED) is 0.161. The van der Waals surface area contributed by atoms with Gasteiger partial charge in [-0.3, -0.25) is 0 Å². The average Bonchev–Trinajstić information content (AvgIpc) is 3.69. The van der Waals surface area contributed by atoms with E-state index in [1.54, 1.807) is 0 Å². The molecule has 0 amide bonds. The Kier molecular flexibility index (Phi) is 11.5. The van der Waals surface area contributed by atoms with Gasteiger partial charge in [0.1, 0.15) is 0 Å². The minimum absolute atomic E-state index is 0.0301. The van der Waals surface area contributed by atoms with Gasteiger partial charge in [0.2, 0.25) is 0 Å². The summed E-state index contributed by atoms with van der Waals surface area (Å²) in [5.41, 5.74) is 28.5. The predicted molar refractivity (Wildman–Crippen MR) is 312 cm³/mol. The number of nitrogens with zero attached hydrogens (tertiary/aromatic N) is 1. The maximum Gasteiger partial charge on any atom is 0.0474 e. The van der Waals surface area contributed by atoms with Crippen molar-refractivity contribution in [1.82, 2.24) is 0 Å². The first-order valence-corrected chi connectivity index (χ1v) is 26.5. The van der Waals surface area contributed by atoms with Gasteiger partial charge in [-0.2, -0.15) is 0 Å². The molecule has 0 bridgehead atoms. The molecule has 0 aromatic heterocycles. The number of anilines is 3. The molecule has 366 valence electrons. The van der Waals surface area contributed by atoms with Gasteiger partial charge in [-0.1, -0.05) is 220 Å². The SMILES string of the molecule is Cc1c(-c2ccc3c(c2)C(C)(C)c2cc(C(C)(C)C)ccc2-3)cc(N(c2ccc(-c3ccc(C(C)(C)C)cc3)cc2)c2ccc(C(C)(C)C)cc2)cc1-c1ccc2c(c1)C(C)(C)c1cc(C(C)(C)C)ccc1-2. The summed E-state index contributed by atoms with van der Waals surface area (Å²) in [6, 6.07) is 61.5. The fraction of sp³-hybridized carbons (Fsp3) is 0.324. The second-order valence-corrected chi connectivity index (χ2v) is 26.5. The maximum absolute atomic E-state index is 2.51. The zero-order chi connectivity index (χ0) is 51.7. The van der Waals surface area contributed by atoms with Crippen molar-refractivity contribution in [3.63, 3.8) is 0 Å². The van der Waals surface area contributed by atoms with Crippen LogP contribution in [0.3, 0.4) is 0 Å². The van der Waals surface area contributed by atoms with Crippen LogP contribution >= 0.6 is 0 Å². The number of hydrogen-bond acceptors (Lipinski definition) is 1. The summed E-state index contributed by atoms with van der Waals surface area (Å²) < 4.78 is 0. The highest BCUT2D eigenvalue weighted by molar-refractivity contribution is 5.92. The minimum atomic E-state index is -0.153. The summed E-state index contributed by atoms with van der Waals surface area (Å²) in [6.45, 7) is 39.7. The van der Waals surface area contributed by atoms with Gasteiger partial charge in [0.25, 0.3) is 0 Å². The maximum atomic E-state index is 2.51. The second kappa shape index (κ2) is 16.8. The molecule has 10 rings (SSSR count). The normalized spacial score (nSPS) is 14.7. The van der Waals surface area contributed by atoms with Gasteiger partial charge in [0.05, 0.1) is 0 Å². The lowest BCUT2D eigenvalue weighted by Crippen LogP contribution is -2.18. The molecule has 8 aromatic carbocycles. The van der Waals surface area contributed by atoms with Gasteiger partial charge >= 0.3 is 0 Å². The highest BCUT2D eigenvalue weighted by atomic mass is 15.1. The third-order valence-electron chi connectivity index (χ3n) is 16.6. The lowest BCUT2D eigenvalue weighted by molar-refractivity contribution is 0.584. The molecule has 0 spiro atoms. The lowest BCUT2D eigenvalue weighted by atomic mass is 9.78. The van der Waals surface area contributed by atoms with Crippen molar-refractivity contribution in [2.24, 2.45) is 0 Å². The third kappa shape index (κ3) is 8.45. The van der Waals surface area contributed by atoms with E-state index in [2.05, 4.69) is 280 Å². The first-order valence-electron chi connectivity index (χ1n) is 26.5. The second-order valence-electron chi connectivity index (χ2n) is 26.5. The summed E-state index contributed by atoms with van der Waals surface area (Å²) in [6.07, 6.45) is 0. The van der Waals surface area contributed by atoms with Crippen molar-refractivity contribution in [2.45, 2.75) is 150 Å². The van der Waals surface area contributed by atoms with E-state index in [4.69, 9.17) is 0 Å². The van der Waals surface area contributed by atoms with Crippen LogP contribution < -0.4 is 4.90 Å². The van der Waals surface area contributed by atoms with Crippen molar-refractivity contribution in [1.29, 1.82) is 0 Å². The summed E-state index contributed by atoms with van der Waals surface area (Å²) in [4.78, 5) is 2.48. The van der Waals surface area contributed by atoms with E-state index in [1.807, 2.05) is 0 Å². The van der Waals surface area contributed by atoms with Crippen LogP contribution in [0.15, 0.2) is 158 Å². The summed E-state index contributed by atoms with van der Waals surface area (Å²) >= 11 is 0. The summed E-state index contributed by atoms with van der Waals surface area (Å²) in [5, 5.41) is 0. The molecule has 0 saturated heterocycles. The number of fused-ring (bicyclic) bond motifs is 6. The van der Waals surface area contributed by atoms with E-state index in [9.17, 15) is 0 Å². The molecular formula is C71H77N. The first-order chi connectivity index (χ1) is 33.6. The molecule has 0 N–H and O–H groups in total. The van der Waals surface area contributed by atoms with Crippen LogP contribution in [0, 0.1) is 6.92 Å².